The molecule has 0 aliphatic carbocycles. The Labute approximate surface area is 197 Å². The van der Waals surface area contributed by atoms with Gasteiger partial charge in [0.15, 0.2) is 6.61 Å². The molecule has 0 spiro atoms. The smallest absolute Gasteiger partial charge is 0.261 e. The van der Waals surface area contributed by atoms with E-state index >= 15 is 0 Å². The molecule has 0 saturated carbocycles. The van der Waals surface area contributed by atoms with Gasteiger partial charge in [-0.25, -0.2) is 0 Å². The van der Waals surface area contributed by atoms with E-state index in [4.69, 9.17) is 4.74 Å². The number of fused-ring (bicyclic) bond motifs is 1. The molecular weight excluding hydrogens is 468 g/mol. The van der Waals surface area contributed by atoms with Crippen LogP contribution < -0.4 is 10.1 Å². The Balaban J connectivity index is 1.73. The van der Waals surface area contributed by atoms with Crippen LogP contribution in [0.3, 0.4) is 0 Å². The van der Waals surface area contributed by atoms with Crippen molar-refractivity contribution in [2.45, 2.75) is 39.3 Å². The number of nitrogens with one attached hydrogen (secondary N) is 1. The molecule has 0 saturated heterocycles. The van der Waals surface area contributed by atoms with Gasteiger partial charge >= 0.3 is 0 Å². The van der Waals surface area contributed by atoms with E-state index < -0.39 is 6.04 Å². The van der Waals surface area contributed by atoms with E-state index in [1.165, 1.54) is 0 Å². The predicted molar refractivity (Wildman–Crippen MR) is 132 cm³/mol. The minimum absolute atomic E-state index is 0.000769. The molecule has 0 radical (unpaired) electrons. The van der Waals surface area contributed by atoms with Crippen LogP contribution in [-0.2, 0) is 16.0 Å². The molecule has 3 aromatic rings. The first-order valence-electron chi connectivity index (χ1n) is 10.8. The van der Waals surface area contributed by atoms with Crippen LogP contribution in [0, 0.1) is 0 Å². The number of benzene rings is 3. The fraction of sp³-hybridized carbons (Fsp3) is 0.308. The summed E-state index contributed by atoms with van der Waals surface area (Å²) in [7, 11) is 0. The Morgan fingerprint density at radius 3 is 2.38 bits per heavy atom. The van der Waals surface area contributed by atoms with Crippen molar-refractivity contribution in [1.29, 1.82) is 0 Å². The summed E-state index contributed by atoms with van der Waals surface area (Å²) in [6, 6.07) is 21.1. The lowest BCUT2D eigenvalue weighted by Gasteiger charge is -2.29. The summed E-state index contributed by atoms with van der Waals surface area (Å²) < 4.78 is 6.69. The fourth-order valence-electron chi connectivity index (χ4n) is 3.52. The SMILES string of the molecule is CC(C)NC(=O)C(C)N(CCc1ccccc1)C(=O)COc1ccc2ccccc2c1Br. The normalized spacial score (nSPS) is 11.9. The topological polar surface area (TPSA) is 58.6 Å². The van der Waals surface area contributed by atoms with Crippen LogP contribution in [0.5, 0.6) is 5.75 Å². The Hall–Kier alpha value is -2.86. The van der Waals surface area contributed by atoms with Crippen molar-refractivity contribution in [1.82, 2.24) is 10.2 Å². The van der Waals surface area contributed by atoms with Gasteiger partial charge < -0.3 is 15.0 Å². The Morgan fingerprint density at radius 2 is 1.66 bits per heavy atom. The van der Waals surface area contributed by atoms with E-state index in [0.717, 1.165) is 20.8 Å². The van der Waals surface area contributed by atoms with Crippen LogP contribution in [0.2, 0.25) is 0 Å². The van der Waals surface area contributed by atoms with Gasteiger partial charge in [0.25, 0.3) is 5.91 Å². The molecule has 0 aliphatic rings. The van der Waals surface area contributed by atoms with Crippen molar-refractivity contribution in [3.8, 4) is 5.75 Å². The average Bonchev–Trinajstić information content (AvgIpc) is 2.79. The van der Waals surface area contributed by atoms with Crippen molar-refractivity contribution in [3.05, 3.63) is 76.8 Å². The number of rotatable bonds is 9. The second-order valence-corrected chi connectivity index (χ2v) is 8.84. The maximum atomic E-state index is 13.2. The molecule has 0 fully saturated rings. The highest BCUT2D eigenvalue weighted by Gasteiger charge is 2.26. The van der Waals surface area contributed by atoms with E-state index in [-0.39, 0.29) is 24.5 Å². The van der Waals surface area contributed by atoms with E-state index in [2.05, 4.69) is 21.2 Å². The second-order valence-electron chi connectivity index (χ2n) is 8.05. The van der Waals surface area contributed by atoms with Gasteiger partial charge in [-0.2, -0.15) is 0 Å². The molecule has 0 aromatic heterocycles. The number of hydrogen-bond acceptors (Lipinski definition) is 3. The summed E-state index contributed by atoms with van der Waals surface area (Å²) >= 11 is 3.60. The van der Waals surface area contributed by atoms with Crippen molar-refractivity contribution in [3.63, 3.8) is 0 Å². The number of carbonyl (C=O) groups excluding carboxylic acids is 2. The number of nitrogens with zero attached hydrogens (tertiary/aromatic N) is 1. The van der Waals surface area contributed by atoms with Crippen molar-refractivity contribution < 1.29 is 14.3 Å². The molecule has 3 rings (SSSR count). The predicted octanol–water partition coefficient (Wildman–Crippen LogP) is 4.97. The molecule has 32 heavy (non-hydrogen) atoms. The van der Waals surface area contributed by atoms with Crippen molar-refractivity contribution in [2.24, 2.45) is 0 Å². The fourth-order valence-corrected chi connectivity index (χ4v) is 4.13. The van der Waals surface area contributed by atoms with Gasteiger partial charge in [-0.3, -0.25) is 9.59 Å². The molecule has 5 nitrogen and oxygen atoms in total. The van der Waals surface area contributed by atoms with Gasteiger partial charge in [0, 0.05) is 12.6 Å². The average molecular weight is 497 g/mol. The molecule has 3 aromatic carbocycles. The maximum absolute atomic E-state index is 13.2. The summed E-state index contributed by atoms with van der Waals surface area (Å²) in [5.41, 5.74) is 1.11. The van der Waals surface area contributed by atoms with Crippen molar-refractivity contribution >= 4 is 38.5 Å². The highest BCUT2D eigenvalue weighted by Crippen LogP contribution is 2.33. The molecule has 1 unspecified atom stereocenters. The van der Waals surface area contributed by atoms with Crippen LogP contribution in [-0.4, -0.2) is 41.9 Å². The highest BCUT2D eigenvalue weighted by atomic mass is 79.9. The summed E-state index contributed by atoms with van der Waals surface area (Å²) in [4.78, 5) is 27.4. The summed E-state index contributed by atoms with van der Waals surface area (Å²) in [5, 5.41) is 5.00. The van der Waals surface area contributed by atoms with E-state index in [9.17, 15) is 9.59 Å². The minimum Gasteiger partial charge on any atom is -0.483 e. The van der Waals surface area contributed by atoms with Crippen LogP contribution in [0.4, 0.5) is 0 Å². The summed E-state index contributed by atoms with van der Waals surface area (Å²) in [6.07, 6.45) is 0.658. The van der Waals surface area contributed by atoms with Crippen LogP contribution in [0.1, 0.15) is 26.3 Å². The Kier molecular flexibility index (Phi) is 8.28. The third-order valence-corrected chi connectivity index (χ3v) is 6.08. The van der Waals surface area contributed by atoms with Gasteiger partial charge in [-0.1, -0.05) is 60.7 Å². The molecule has 168 valence electrons. The van der Waals surface area contributed by atoms with E-state index in [1.54, 1.807) is 11.8 Å². The number of ether oxygens (including phenoxy) is 1. The zero-order valence-corrected chi connectivity index (χ0v) is 20.3. The van der Waals surface area contributed by atoms with Crippen LogP contribution in [0.25, 0.3) is 10.8 Å². The molecule has 1 atom stereocenters. The minimum atomic E-state index is -0.600. The largest absolute Gasteiger partial charge is 0.483 e. The molecule has 1 N–H and O–H groups in total. The summed E-state index contributed by atoms with van der Waals surface area (Å²) in [6.45, 7) is 5.84. The maximum Gasteiger partial charge on any atom is 0.261 e. The van der Waals surface area contributed by atoms with Gasteiger partial charge in [0.1, 0.15) is 11.8 Å². The first kappa shape index (κ1) is 23.8. The standard InChI is InChI=1S/C26H29BrN2O3/c1-18(2)28-26(31)19(3)29(16-15-20-9-5-4-6-10-20)24(30)17-32-23-14-13-21-11-7-8-12-22(21)25(23)27/h4-14,18-19H,15-17H2,1-3H3,(H,28,31). The third-order valence-electron chi connectivity index (χ3n) is 5.26. The number of halogens is 1. The Morgan fingerprint density at radius 1 is 0.969 bits per heavy atom. The molecule has 0 heterocycles. The third kappa shape index (κ3) is 6.10. The molecular formula is C26H29BrN2O3. The zero-order valence-electron chi connectivity index (χ0n) is 18.7. The lowest BCUT2D eigenvalue weighted by Crippen LogP contribution is -2.51. The monoisotopic (exact) mass is 496 g/mol. The molecule has 6 heteroatoms. The quantitative estimate of drug-likeness (QED) is 0.455. The van der Waals surface area contributed by atoms with Crippen LogP contribution >= 0.6 is 15.9 Å². The number of carbonyl (C=O) groups is 2. The Bertz CT molecular complexity index is 1070. The zero-order chi connectivity index (χ0) is 23.1. The summed E-state index contributed by atoms with van der Waals surface area (Å²) in [5.74, 6) is 0.194. The van der Waals surface area contributed by atoms with E-state index in [0.29, 0.717) is 18.7 Å². The molecule has 2 amide bonds. The lowest BCUT2D eigenvalue weighted by atomic mass is 10.1. The van der Waals surface area contributed by atoms with Crippen molar-refractivity contribution in [2.75, 3.05) is 13.2 Å². The first-order chi connectivity index (χ1) is 15.4. The number of amides is 2. The van der Waals surface area contributed by atoms with Gasteiger partial charge in [-0.15, -0.1) is 0 Å². The lowest BCUT2D eigenvalue weighted by molar-refractivity contribution is -0.141. The van der Waals surface area contributed by atoms with Gasteiger partial charge in [0.05, 0.1) is 4.47 Å². The highest BCUT2D eigenvalue weighted by molar-refractivity contribution is 9.10. The van der Waals surface area contributed by atoms with Gasteiger partial charge in [0.2, 0.25) is 5.91 Å². The van der Waals surface area contributed by atoms with Gasteiger partial charge in [-0.05, 0) is 65.5 Å². The second kappa shape index (κ2) is 11.1. The molecule has 0 aliphatic heterocycles. The first-order valence-corrected chi connectivity index (χ1v) is 11.6. The number of hydrogen-bond donors (Lipinski definition) is 1. The molecule has 0 bridgehead atoms. The van der Waals surface area contributed by atoms with Crippen LogP contribution in [0.15, 0.2) is 71.2 Å². The van der Waals surface area contributed by atoms with E-state index in [1.807, 2.05) is 80.6 Å².